The van der Waals surface area contributed by atoms with E-state index in [-0.39, 0.29) is 37.3 Å². The summed E-state index contributed by atoms with van der Waals surface area (Å²) in [6.07, 6.45) is -0.669. The molecule has 1 N–H and O–H groups in total. The Labute approximate surface area is 124 Å². The van der Waals surface area contributed by atoms with Crippen LogP contribution in [-0.4, -0.2) is 35.5 Å². The van der Waals surface area contributed by atoms with Crippen molar-refractivity contribution in [3.63, 3.8) is 0 Å². The van der Waals surface area contributed by atoms with E-state index in [1.807, 2.05) is 0 Å². The van der Waals surface area contributed by atoms with Crippen LogP contribution in [0.2, 0.25) is 0 Å². The molecule has 0 spiro atoms. The van der Waals surface area contributed by atoms with Gasteiger partial charge < -0.3 is 9.63 Å². The normalized spacial score (nSPS) is 28.4. The van der Waals surface area contributed by atoms with E-state index in [2.05, 4.69) is 0 Å². The number of esters is 1. The molecule has 21 heavy (non-hydrogen) atoms. The zero-order chi connectivity index (χ0) is 16.3. The van der Waals surface area contributed by atoms with Crippen LogP contribution in [0.4, 0.5) is 0 Å². The largest absolute Gasteiger partial charge is 0.472 e. The highest BCUT2D eigenvalue weighted by atomic mass is 31.2. The lowest BCUT2D eigenvalue weighted by Crippen LogP contribution is -2.44. The number of phosphoric acid groups is 1. The highest BCUT2D eigenvalue weighted by molar-refractivity contribution is 7.47. The Morgan fingerprint density at radius 2 is 2.00 bits per heavy atom. The van der Waals surface area contributed by atoms with Gasteiger partial charge >= 0.3 is 13.8 Å². The maximum absolute atomic E-state index is 12.1. The number of phosphoric ester groups is 1. The van der Waals surface area contributed by atoms with Gasteiger partial charge in [0, 0.05) is 18.3 Å². The van der Waals surface area contributed by atoms with Crippen molar-refractivity contribution in [2.75, 3.05) is 6.61 Å². The molecular weight excluding hydrogens is 299 g/mol. The fourth-order valence-electron chi connectivity index (χ4n) is 1.98. The highest BCUT2D eigenvalue weighted by Gasteiger charge is 2.46. The Morgan fingerprint density at radius 1 is 1.38 bits per heavy atom. The maximum Gasteiger partial charge on any atom is 0.472 e. The molecule has 1 heterocycles. The van der Waals surface area contributed by atoms with Gasteiger partial charge in [-0.3, -0.25) is 18.6 Å². The van der Waals surface area contributed by atoms with E-state index in [0.717, 1.165) is 0 Å². The molecule has 1 rings (SSSR count). The molecule has 1 aliphatic heterocycles. The van der Waals surface area contributed by atoms with Crippen molar-refractivity contribution in [3.05, 3.63) is 0 Å². The van der Waals surface area contributed by atoms with Crippen LogP contribution in [0.15, 0.2) is 0 Å². The maximum atomic E-state index is 12.1. The zero-order valence-corrected chi connectivity index (χ0v) is 13.7. The van der Waals surface area contributed by atoms with Gasteiger partial charge in [-0.05, 0) is 20.3 Å². The molecule has 0 aromatic carbocycles. The molecule has 122 valence electrons. The van der Waals surface area contributed by atoms with Gasteiger partial charge in [0.2, 0.25) is 0 Å². The number of hydrogen-bond donors (Lipinski definition) is 1. The van der Waals surface area contributed by atoms with Crippen molar-refractivity contribution in [1.82, 2.24) is 0 Å². The molecule has 2 atom stereocenters. The second-order valence-electron chi connectivity index (χ2n) is 6.07. The summed E-state index contributed by atoms with van der Waals surface area (Å²) in [6.45, 7) is 6.91. The zero-order valence-electron chi connectivity index (χ0n) is 12.8. The first-order chi connectivity index (χ1) is 9.53. The average Bonchev–Trinajstić information content (AvgIpc) is 2.31. The molecule has 0 saturated carbocycles. The van der Waals surface area contributed by atoms with Crippen molar-refractivity contribution in [1.29, 1.82) is 0 Å². The number of ether oxygens (including phenoxy) is 1. The van der Waals surface area contributed by atoms with Crippen LogP contribution in [-0.2, 0) is 27.9 Å². The van der Waals surface area contributed by atoms with Gasteiger partial charge in [0.15, 0.2) is 5.78 Å². The minimum Gasteiger partial charge on any atom is -0.463 e. The third-order valence-electron chi connectivity index (χ3n) is 3.01. The lowest BCUT2D eigenvalue weighted by molar-refractivity contribution is -0.147. The van der Waals surface area contributed by atoms with E-state index in [1.54, 1.807) is 27.7 Å². The SMILES string of the molecule is CC(C)OC(=O)CCCC(=O)[C@@H]1OP(=O)(O)OCC1(C)C. The van der Waals surface area contributed by atoms with Crippen LogP contribution in [0.1, 0.15) is 47.0 Å². The summed E-state index contributed by atoms with van der Waals surface area (Å²) in [5, 5.41) is 0. The second-order valence-corrected chi connectivity index (χ2v) is 7.48. The van der Waals surface area contributed by atoms with Crippen molar-refractivity contribution < 1.29 is 32.8 Å². The van der Waals surface area contributed by atoms with Gasteiger partial charge in [-0.15, -0.1) is 0 Å². The number of carbonyl (C=O) groups is 2. The first kappa shape index (κ1) is 18.3. The molecule has 0 aromatic rings. The molecule has 1 aliphatic rings. The molecule has 0 amide bonds. The Morgan fingerprint density at radius 3 is 2.57 bits per heavy atom. The van der Waals surface area contributed by atoms with Crippen LogP contribution in [0.5, 0.6) is 0 Å². The minimum absolute atomic E-state index is 0.0351. The quantitative estimate of drug-likeness (QED) is 0.591. The summed E-state index contributed by atoms with van der Waals surface area (Å²) < 4.78 is 26.0. The molecule has 0 aromatic heterocycles. The van der Waals surface area contributed by atoms with Crippen molar-refractivity contribution >= 4 is 19.6 Å². The van der Waals surface area contributed by atoms with Crippen molar-refractivity contribution in [2.24, 2.45) is 5.41 Å². The van der Waals surface area contributed by atoms with Crippen LogP contribution < -0.4 is 0 Å². The molecule has 8 heteroatoms. The van der Waals surface area contributed by atoms with Gasteiger partial charge in [-0.25, -0.2) is 4.57 Å². The second kappa shape index (κ2) is 7.01. The minimum atomic E-state index is -4.16. The average molecular weight is 322 g/mol. The van der Waals surface area contributed by atoms with Crippen LogP contribution in [0, 0.1) is 5.41 Å². The molecule has 1 fully saturated rings. The predicted molar refractivity (Wildman–Crippen MR) is 74.5 cm³/mol. The first-order valence-electron chi connectivity index (χ1n) is 6.91. The molecule has 7 nitrogen and oxygen atoms in total. The fourth-order valence-corrected chi connectivity index (χ4v) is 3.21. The first-order valence-corrected chi connectivity index (χ1v) is 8.41. The van der Waals surface area contributed by atoms with Gasteiger partial charge in [-0.2, -0.15) is 0 Å². The molecular formula is C13H23O7P. The smallest absolute Gasteiger partial charge is 0.463 e. The summed E-state index contributed by atoms with van der Waals surface area (Å²) >= 11 is 0. The lowest BCUT2D eigenvalue weighted by Gasteiger charge is -2.38. The van der Waals surface area contributed by atoms with Crippen LogP contribution in [0.25, 0.3) is 0 Å². The number of carbonyl (C=O) groups excluding carboxylic acids is 2. The third kappa shape index (κ3) is 5.87. The summed E-state index contributed by atoms with van der Waals surface area (Å²) in [5.41, 5.74) is -0.688. The summed E-state index contributed by atoms with van der Waals surface area (Å²) in [4.78, 5) is 32.8. The standard InChI is InChI=1S/C13H23O7P/c1-9(2)19-11(15)7-5-6-10(14)12-13(3,4)8-18-21(16,17)20-12/h9,12H,5-8H2,1-4H3,(H,16,17)/t12-/m0/s1. The number of ketones is 1. The Hall–Kier alpha value is -0.750. The molecule has 1 unspecified atom stereocenters. The van der Waals surface area contributed by atoms with Gasteiger partial charge in [0.05, 0.1) is 12.7 Å². The highest BCUT2D eigenvalue weighted by Crippen LogP contribution is 2.53. The van der Waals surface area contributed by atoms with Crippen LogP contribution >= 0.6 is 7.82 Å². The van der Waals surface area contributed by atoms with Gasteiger partial charge in [-0.1, -0.05) is 13.8 Å². The summed E-state index contributed by atoms with van der Waals surface area (Å²) in [5.74, 6) is -0.673. The Balaban J connectivity index is 2.50. The monoisotopic (exact) mass is 322 g/mol. The van der Waals surface area contributed by atoms with E-state index in [0.29, 0.717) is 6.42 Å². The third-order valence-corrected chi connectivity index (χ3v) is 3.94. The summed E-state index contributed by atoms with van der Waals surface area (Å²) in [6, 6.07) is 0. The fraction of sp³-hybridized carbons (Fsp3) is 0.846. The molecule has 1 saturated heterocycles. The van der Waals surface area contributed by atoms with E-state index in [9.17, 15) is 19.0 Å². The summed E-state index contributed by atoms with van der Waals surface area (Å²) in [7, 11) is -4.16. The predicted octanol–water partition coefficient (Wildman–Crippen LogP) is 2.22. The van der Waals surface area contributed by atoms with E-state index in [4.69, 9.17) is 13.8 Å². The van der Waals surface area contributed by atoms with Gasteiger partial charge in [0.1, 0.15) is 6.10 Å². The molecule has 0 aliphatic carbocycles. The van der Waals surface area contributed by atoms with E-state index < -0.39 is 19.3 Å². The van der Waals surface area contributed by atoms with Gasteiger partial charge in [0.25, 0.3) is 0 Å². The number of Topliss-reactive ketones (excluding diaryl/α,β-unsaturated/α-hetero) is 1. The molecule has 0 radical (unpaired) electrons. The lowest BCUT2D eigenvalue weighted by atomic mass is 9.84. The topological polar surface area (TPSA) is 99.1 Å². The van der Waals surface area contributed by atoms with Crippen molar-refractivity contribution in [2.45, 2.75) is 59.2 Å². The Bertz CT molecular complexity index is 444. The van der Waals surface area contributed by atoms with E-state index in [1.165, 1.54) is 0 Å². The number of hydrogen-bond acceptors (Lipinski definition) is 6. The van der Waals surface area contributed by atoms with Crippen LogP contribution in [0.3, 0.4) is 0 Å². The molecule has 0 bridgehead atoms. The van der Waals surface area contributed by atoms with E-state index >= 15 is 0 Å². The van der Waals surface area contributed by atoms with Crippen molar-refractivity contribution in [3.8, 4) is 0 Å². The number of rotatable bonds is 6. The Kier molecular flexibility index (Phi) is 6.11.